The van der Waals surface area contributed by atoms with Gasteiger partial charge in [-0.3, -0.25) is 0 Å². The van der Waals surface area contributed by atoms with Crippen LogP contribution < -0.4 is 10.5 Å². The number of nitrogens with one attached hydrogen (secondary N) is 1. The summed E-state index contributed by atoms with van der Waals surface area (Å²) in [6, 6.07) is 4.20. The number of nitrogen functional groups attached to an aromatic ring is 1. The van der Waals surface area contributed by atoms with Crippen LogP contribution in [0.3, 0.4) is 0 Å². The summed E-state index contributed by atoms with van der Waals surface area (Å²) in [5.41, 5.74) is 5.89. The molecule has 0 unspecified atom stereocenters. The molecule has 1 aromatic carbocycles. The van der Waals surface area contributed by atoms with Gasteiger partial charge in [-0.15, -0.1) is 0 Å². The molecule has 20 heavy (non-hydrogen) atoms. The summed E-state index contributed by atoms with van der Waals surface area (Å²) in [6.45, 7) is 1.87. The van der Waals surface area contributed by atoms with Crippen LogP contribution >= 0.6 is 11.6 Å². The lowest BCUT2D eigenvalue weighted by Crippen LogP contribution is -2.28. The van der Waals surface area contributed by atoms with Gasteiger partial charge in [0.05, 0.1) is 28.8 Å². The molecule has 114 valence electrons. The van der Waals surface area contributed by atoms with Gasteiger partial charge in [0.1, 0.15) is 0 Å². The molecule has 0 atom stereocenters. The first-order chi connectivity index (χ1) is 9.33. The highest BCUT2D eigenvalue weighted by atomic mass is 35.5. The Hall–Kier alpha value is -0.860. The molecule has 0 radical (unpaired) electrons. The van der Waals surface area contributed by atoms with Crippen molar-refractivity contribution in [3.63, 3.8) is 0 Å². The van der Waals surface area contributed by atoms with E-state index in [0.29, 0.717) is 18.9 Å². The standard InChI is InChI=1S/C12H20ClN3O3S/c1-16(2)6-8-19-7-5-15-20(17,18)10-3-4-12(14)11(13)9-10/h3-4,9,15H,5-8,14H2,1-2H3. The van der Waals surface area contributed by atoms with Crippen LogP contribution in [0, 0.1) is 0 Å². The predicted molar refractivity (Wildman–Crippen MR) is 80.4 cm³/mol. The Morgan fingerprint density at radius 3 is 2.65 bits per heavy atom. The van der Waals surface area contributed by atoms with Crippen molar-refractivity contribution in [1.82, 2.24) is 9.62 Å². The van der Waals surface area contributed by atoms with Crippen molar-refractivity contribution in [2.75, 3.05) is 46.1 Å². The fraction of sp³-hybridized carbons (Fsp3) is 0.500. The first-order valence-electron chi connectivity index (χ1n) is 6.10. The van der Waals surface area contributed by atoms with Gasteiger partial charge in [-0.2, -0.15) is 0 Å². The molecule has 0 aromatic heterocycles. The molecular formula is C12H20ClN3O3S. The maximum absolute atomic E-state index is 12.0. The predicted octanol–water partition coefficient (Wildman–Crippen LogP) is 0.779. The molecule has 1 rings (SSSR count). The van der Waals surface area contributed by atoms with E-state index in [1.807, 2.05) is 19.0 Å². The van der Waals surface area contributed by atoms with Crippen LogP contribution in [0.2, 0.25) is 5.02 Å². The van der Waals surface area contributed by atoms with Gasteiger partial charge in [0.2, 0.25) is 10.0 Å². The van der Waals surface area contributed by atoms with E-state index < -0.39 is 10.0 Å². The Kier molecular flexibility index (Phi) is 6.70. The highest BCUT2D eigenvalue weighted by molar-refractivity contribution is 7.89. The SMILES string of the molecule is CN(C)CCOCCNS(=O)(=O)c1ccc(N)c(Cl)c1. The van der Waals surface area contributed by atoms with Gasteiger partial charge in [0.25, 0.3) is 0 Å². The Morgan fingerprint density at radius 2 is 2.05 bits per heavy atom. The van der Waals surface area contributed by atoms with E-state index in [0.717, 1.165) is 6.54 Å². The van der Waals surface area contributed by atoms with Crippen LogP contribution in [0.4, 0.5) is 5.69 Å². The lowest BCUT2D eigenvalue weighted by Gasteiger charge is -2.11. The Morgan fingerprint density at radius 1 is 1.35 bits per heavy atom. The number of hydrogen-bond acceptors (Lipinski definition) is 5. The number of likely N-dealkylation sites (N-methyl/N-ethyl adjacent to an activating group) is 1. The second kappa shape index (κ2) is 7.80. The Balaban J connectivity index is 2.43. The first-order valence-corrected chi connectivity index (χ1v) is 7.96. The molecule has 0 aliphatic rings. The van der Waals surface area contributed by atoms with Gasteiger partial charge < -0.3 is 15.4 Å². The maximum atomic E-state index is 12.0. The van der Waals surface area contributed by atoms with Crippen molar-refractivity contribution in [3.05, 3.63) is 23.2 Å². The minimum atomic E-state index is -3.58. The third kappa shape index (κ3) is 5.64. The minimum Gasteiger partial charge on any atom is -0.398 e. The maximum Gasteiger partial charge on any atom is 0.240 e. The molecule has 0 aliphatic carbocycles. The summed E-state index contributed by atoms with van der Waals surface area (Å²) in [6.07, 6.45) is 0. The van der Waals surface area contributed by atoms with E-state index >= 15 is 0 Å². The van der Waals surface area contributed by atoms with Gasteiger partial charge in [-0.25, -0.2) is 13.1 Å². The van der Waals surface area contributed by atoms with Crippen molar-refractivity contribution in [2.45, 2.75) is 4.90 Å². The first kappa shape index (κ1) is 17.2. The highest BCUT2D eigenvalue weighted by Gasteiger charge is 2.14. The number of ether oxygens (including phenoxy) is 1. The number of sulfonamides is 1. The van der Waals surface area contributed by atoms with E-state index in [9.17, 15) is 8.42 Å². The topological polar surface area (TPSA) is 84.7 Å². The van der Waals surface area contributed by atoms with Crippen LogP contribution in [0.5, 0.6) is 0 Å². The number of anilines is 1. The highest BCUT2D eigenvalue weighted by Crippen LogP contribution is 2.22. The van der Waals surface area contributed by atoms with E-state index in [2.05, 4.69) is 4.72 Å². The smallest absolute Gasteiger partial charge is 0.240 e. The van der Waals surface area contributed by atoms with Gasteiger partial charge in [0.15, 0.2) is 0 Å². The summed E-state index contributed by atoms with van der Waals surface area (Å²) in [5.74, 6) is 0. The molecule has 0 bridgehead atoms. The van der Waals surface area contributed by atoms with Gasteiger partial charge in [-0.1, -0.05) is 11.6 Å². The van der Waals surface area contributed by atoms with Crippen LogP contribution in [-0.2, 0) is 14.8 Å². The molecule has 8 heteroatoms. The zero-order chi connectivity index (χ0) is 15.2. The zero-order valence-corrected chi connectivity index (χ0v) is 13.2. The van der Waals surface area contributed by atoms with Crippen LogP contribution in [0.1, 0.15) is 0 Å². The summed E-state index contributed by atoms with van der Waals surface area (Å²) in [5, 5.41) is 0.218. The number of halogens is 1. The van der Waals surface area contributed by atoms with Gasteiger partial charge in [0, 0.05) is 13.1 Å². The van der Waals surface area contributed by atoms with Gasteiger partial charge >= 0.3 is 0 Å². The van der Waals surface area contributed by atoms with Crippen LogP contribution in [-0.4, -0.2) is 53.7 Å². The van der Waals surface area contributed by atoms with Crippen LogP contribution in [0.25, 0.3) is 0 Å². The summed E-state index contributed by atoms with van der Waals surface area (Å²) < 4.78 is 31.7. The van der Waals surface area contributed by atoms with Crippen molar-refractivity contribution < 1.29 is 13.2 Å². The summed E-state index contributed by atoms with van der Waals surface area (Å²) >= 11 is 5.81. The largest absolute Gasteiger partial charge is 0.398 e. The normalized spacial score (nSPS) is 12.0. The molecule has 1 aromatic rings. The monoisotopic (exact) mass is 321 g/mol. The Labute approximate surface area is 124 Å². The number of hydrogen-bond donors (Lipinski definition) is 2. The third-order valence-corrected chi connectivity index (χ3v) is 4.29. The lowest BCUT2D eigenvalue weighted by atomic mass is 10.3. The van der Waals surface area contributed by atoms with E-state index in [1.54, 1.807) is 0 Å². The number of rotatable bonds is 8. The second-order valence-corrected chi connectivity index (χ2v) is 6.67. The average molecular weight is 322 g/mol. The molecule has 0 fully saturated rings. The zero-order valence-electron chi connectivity index (χ0n) is 11.6. The second-order valence-electron chi connectivity index (χ2n) is 4.50. The number of nitrogens with two attached hydrogens (primary N) is 1. The number of benzene rings is 1. The average Bonchev–Trinajstić information content (AvgIpc) is 2.36. The van der Waals surface area contributed by atoms with Crippen molar-refractivity contribution in [3.8, 4) is 0 Å². The van der Waals surface area contributed by atoms with Gasteiger partial charge in [-0.05, 0) is 32.3 Å². The molecule has 0 amide bonds. The fourth-order valence-electron chi connectivity index (χ4n) is 1.36. The van der Waals surface area contributed by atoms with Crippen molar-refractivity contribution in [1.29, 1.82) is 0 Å². The van der Waals surface area contributed by atoms with E-state index in [1.165, 1.54) is 18.2 Å². The van der Waals surface area contributed by atoms with Crippen molar-refractivity contribution in [2.24, 2.45) is 0 Å². The third-order valence-electron chi connectivity index (χ3n) is 2.50. The molecule has 6 nitrogen and oxygen atoms in total. The van der Waals surface area contributed by atoms with Crippen molar-refractivity contribution >= 4 is 27.3 Å². The number of nitrogens with zero attached hydrogens (tertiary/aromatic N) is 1. The molecule has 0 saturated heterocycles. The van der Waals surface area contributed by atoms with Crippen LogP contribution in [0.15, 0.2) is 23.1 Å². The van der Waals surface area contributed by atoms with E-state index in [4.69, 9.17) is 22.1 Å². The summed E-state index contributed by atoms with van der Waals surface area (Å²) in [4.78, 5) is 2.07. The summed E-state index contributed by atoms with van der Waals surface area (Å²) in [7, 11) is 0.299. The molecule has 0 heterocycles. The minimum absolute atomic E-state index is 0.0880. The lowest BCUT2D eigenvalue weighted by molar-refractivity contribution is 0.122. The fourth-order valence-corrected chi connectivity index (χ4v) is 2.64. The Bertz CT molecular complexity index is 535. The molecule has 3 N–H and O–H groups in total. The quantitative estimate of drug-likeness (QED) is 0.546. The molecule has 0 spiro atoms. The van der Waals surface area contributed by atoms with E-state index in [-0.39, 0.29) is 16.5 Å². The molecule has 0 aliphatic heterocycles. The molecular weight excluding hydrogens is 302 g/mol. The molecule has 0 saturated carbocycles.